The second-order valence-electron chi connectivity index (χ2n) is 5.95. The number of ether oxygens (including phenoxy) is 3. The molecule has 0 radical (unpaired) electrons. The van der Waals surface area contributed by atoms with Crippen LogP contribution >= 0.6 is 0 Å². The Hall–Kier alpha value is -1.96. The Morgan fingerprint density at radius 1 is 1.38 bits per heavy atom. The Labute approximate surface area is 137 Å². The summed E-state index contributed by atoms with van der Waals surface area (Å²) in [5.74, 6) is 0.571. The van der Waals surface area contributed by atoms with Gasteiger partial charge in [-0.15, -0.1) is 0 Å². The highest BCUT2D eigenvalue weighted by Gasteiger charge is 2.36. The van der Waals surface area contributed by atoms with Crippen molar-refractivity contribution in [2.75, 3.05) is 25.2 Å². The maximum atomic E-state index is 12.3. The molecule has 1 aromatic rings. The predicted molar refractivity (Wildman–Crippen MR) is 79.3 cm³/mol. The number of carbonyl (C=O) groups excluding carboxylic acids is 1. The Morgan fingerprint density at radius 3 is 2.88 bits per heavy atom. The molecule has 1 aromatic carbocycles. The fourth-order valence-electron chi connectivity index (χ4n) is 3.03. The van der Waals surface area contributed by atoms with Crippen LogP contribution in [0.25, 0.3) is 0 Å². The number of benzene rings is 1. The maximum absolute atomic E-state index is 12.3. The lowest BCUT2D eigenvalue weighted by molar-refractivity contribution is -0.138. The zero-order chi connectivity index (χ0) is 17.3. The molecule has 2 heterocycles. The van der Waals surface area contributed by atoms with E-state index in [9.17, 15) is 18.0 Å². The fraction of sp³-hybridized carbons (Fsp3) is 0.562. The van der Waals surface area contributed by atoms with E-state index in [0.29, 0.717) is 24.5 Å². The average Bonchev–Trinajstić information content (AvgIpc) is 3.07. The number of methoxy groups -OCH3 is 1. The predicted octanol–water partition coefficient (Wildman–Crippen LogP) is 3.30. The molecule has 8 heteroatoms. The first-order chi connectivity index (χ1) is 11.4. The van der Waals surface area contributed by atoms with Crippen LogP contribution in [-0.4, -0.2) is 44.7 Å². The third-order valence-electron chi connectivity index (χ3n) is 4.13. The van der Waals surface area contributed by atoms with E-state index in [1.165, 1.54) is 4.90 Å². The molecule has 2 aliphatic rings. The van der Waals surface area contributed by atoms with Gasteiger partial charge in [-0.05, 0) is 30.2 Å². The molecule has 3 rings (SSSR count). The van der Waals surface area contributed by atoms with Gasteiger partial charge in [0.05, 0.1) is 12.6 Å². The van der Waals surface area contributed by atoms with Gasteiger partial charge in [-0.25, -0.2) is 4.79 Å². The van der Waals surface area contributed by atoms with Gasteiger partial charge in [-0.3, -0.25) is 4.90 Å². The van der Waals surface area contributed by atoms with Crippen LogP contribution in [-0.2, 0) is 15.9 Å². The summed E-state index contributed by atoms with van der Waals surface area (Å²) in [5, 5.41) is 0. The number of anilines is 1. The standard InChI is InChI=1S/C16H18F3NO4/c1-22-8-12-9-23-15(21)20(12)11-2-3-14-10(6-11)7-13(24-14)4-5-16(17,18)19/h2-3,6,12-13H,4-5,7-9H2,1H3. The van der Waals surface area contributed by atoms with Crippen molar-refractivity contribution in [1.29, 1.82) is 0 Å². The van der Waals surface area contributed by atoms with Crippen molar-refractivity contribution in [3.8, 4) is 5.75 Å². The van der Waals surface area contributed by atoms with E-state index >= 15 is 0 Å². The van der Waals surface area contributed by atoms with Gasteiger partial charge in [0.1, 0.15) is 18.5 Å². The van der Waals surface area contributed by atoms with E-state index in [0.717, 1.165) is 5.56 Å². The van der Waals surface area contributed by atoms with Crippen LogP contribution in [0.4, 0.5) is 23.7 Å². The van der Waals surface area contributed by atoms with E-state index in [1.807, 2.05) is 0 Å². The molecule has 0 aliphatic carbocycles. The molecule has 0 saturated carbocycles. The number of rotatable bonds is 5. The molecule has 2 unspecified atom stereocenters. The van der Waals surface area contributed by atoms with Gasteiger partial charge in [0.2, 0.25) is 0 Å². The minimum absolute atomic E-state index is 0.0778. The van der Waals surface area contributed by atoms with E-state index in [-0.39, 0.29) is 19.1 Å². The summed E-state index contributed by atoms with van der Waals surface area (Å²) in [7, 11) is 1.54. The second kappa shape index (κ2) is 6.51. The number of hydrogen-bond acceptors (Lipinski definition) is 4. The van der Waals surface area contributed by atoms with Crippen LogP contribution in [0.15, 0.2) is 18.2 Å². The van der Waals surface area contributed by atoms with Crippen molar-refractivity contribution >= 4 is 11.8 Å². The van der Waals surface area contributed by atoms with Gasteiger partial charge >= 0.3 is 12.3 Å². The van der Waals surface area contributed by atoms with Crippen molar-refractivity contribution in [2.45, 2.75) is 37.6 Å². The summed E-state index contributed by atoms with van der Waals surface area (Å²) >= 11 is 0. The van der Waals surface area contributed by atoms with Crippen molar-refractivity contribution < 1.29 is 32.2 Å². The third kappa shape index (κ3) is 3.58. The lowest BCUT2D eigenvalue weighted by Crippen LogP contribution is -2.36. The van der Waals surface area contributed by atoms with Gasteiger partial charge in [0, 0.05) is 25.6 Å². The average molecular weight is 345 g/mol. The fourth-order valence-corrected chi connectivity index (χ4v) is 3.03. The third-order valence-corrected chi connectivity index (χ3v) is 4.13. The number of carbonyl (C=O) groups is 1. The highest BCUT2D eigenvalue weighted by atomic mass is 19.4. The van der Waals surface area contributed by atoms with Crippen molar-refractivity contribution in [2.24, 2.45) is 0 Å². The summed E-state index contributed by atoms with van der Waals surface area (Å²) in [6.45, 7) is 0.585. The molecule has 0 bridgehead atoms. The van der Waals surface area contributed by atoms with Crippen molar-refractivity contribution in [3.63, 3.8) is 0 Å². The Bertz CT molecular complexity index is 620. The molecule has 2 atom stereocenters. The molecule has 0 aromatic heterocycles. The Balaban J connectivity index is 1.71. The summed E-state index contributed by atoms with van der Waals surface area (Å²) in [6.07, 6.45) is -5.67. The Kier molecular flexibility index (Phi) is 4.58. The smallest absolute Gasteiger partial charge is 0.414 e. The number of nitrogens with zero attached hydrogens (tertiary/aromatic N) is 1. The first-order valence-corrected chi connectivity index (χ1v) is 7.68. The zero-order valence-corrected chi connectivity index (χ0v) is 13.1. The molecule has 1 fully saturated rings. The molecular formula is C16H18F3NO4. The monoisotopic (exact) mass is 345 g/mol. The lowest BCUT2D eigenvalue weighted by Gasteiger charge is -2.21. The topological polar surface area (TPSA) is 48.0 Å². The van der Waals surface area contributed by atoms with Gasteiger partial charge < -0.3 is 14.2 Å². The van der Waals surface area contributed by atoms with Crippen LogP contribution in [0.5, 0.6) is 5.75 Å². The van der Waals surface area contributed by atoms with Gasteiger partial charge in [-0.2, -0.15) is 13.2 Å². The normalized spacial score (nSPS) is 23.2. The maximum Gasteiger partial charge on any atom is 0.414 e. The number of hydrogen-bond donors (Lipinski definition) is 0. The lowest BCUT2D eigenvalue weighted by atomic mass is 10.1. The molecule has 2 aliphatic heterocycles. The number of fused-ring (bicyclic) bond motifs is 1. The van der Waals surface area contributed by atoms with E-state index in [1.54, 1.807) is 25.3 Å². The molecule has 5 nitrogen and oxygen atoms in total. The first-order valence-electron chi connectivity index (χ1n) is 7.68. The van der Waals surface area contributed by atoms with Gasteiger partial charge in [0.15, 0.2) is 0 Å². The van der Waals surface area contributed by atoms with Crippen LogP contribution < -0.4 is 9.64 Å². The first kappa shape index (κ1) is 16.9. The van der Waals surface area contributed by atoms with Crippen LogP contribution in [0, 0.1) is 0 Å². The molecule has 1 saturated heterocycles. The summed E-state index contributed by atoms with van der Waals surface area (Å²) in [6, 6.07) is 4.95. The van der Waals surface area contributed by atoms with E-state index < -0.39 is 24.8 Å². The second-order valence-corrected chi connectivity index (χ2v) is 5.95. The number of alkyl halides is 3. The molecule has 132 valence electrons. The number of halogens is 3. The summed E-state index contributed by atoms with van der Waals surface area (Å²) < 4.78 is 52.7. The number of amides is 1. The summed E-state index contributed by atoms with van der Waals surface area (Å²) in [4.78, 5) is 13.4. The Morgan fingerprint density at radius 2 is 2.17 bits per heavy atom. The molecule has 0 N–H and O–H groups in total. The molecular weight excluding hydrogens is 327 g/mol. The van der Waals surface area contributed by atoms with Crippen LogP contribution in [0.3, 0.4) is 0 Å². The van der Waals surface area contributed by atoms with Gasteiger partial charge in [0.25, 0.3) is 0 Å². The van der Waals surface area contributed by atoms with Crippen LogP contribution in [0.2, 0.25) is 0 Å². The van der Waals surface area contributed by atoms with Gasteiger partial charge in [-0.1, -0.05) is 0 Å². The quantitative estimate of drug-likeness (QED) is 0.822. The minimum Gasteiger partial charge on any atom is -0.490 e. The van der Waals surface area contributed by atoms with E-state index in [4.69, 9.17) is 14.2 Å². The largest absolute Gasteiger partial charge is 0.490 e. The SMILES string of the molecule is COCC1COC(=O)N1c1ccc2c(c1)CC(CCC(F)(F)F)O2. The molecule has 24 heavy (non-hydrogen) atoms. The highest BCUT2D eigenvalue weighted by Crippen LogP contribution is 2.36. The van der Waals surface area contributed by atoms with Crippen LogP contribution in [0.1, 0.15) is 18.4 Å². The molecule has 0 spiro atoms. The molecule has 1 amide bonds. The zero-order valence-electron chi connectivity index (χ0n) is 13.1. The van der Waals surface area contributed by atoms with E-state index in [2.05, 4.69) is 0 Å². The highest BCUT2D eigenvalue weighted by molar-refractivity contribution is 5.90. The number of cyclic esters (lactones) is 1. The van der Waals surface area contributed by atoms with Crippen molar-refractivity contribution in [1.82, 2.24) is 0 Å². The van der Waals surface area contributed by atoms with Crippen molar-refractivity contribution in [3.05, 3.63) is 23.8 Å². The summed E-state index contributed by atoms with van der Waals surface area (Å²) in [5.41, 5.74) is 1.44. The minimum atomic E-state index is -4.18.